The van der Waals surface area contributed by atoms with E-state index in [2.05, 4.69) is 5.32 Å². The van der Waals surface area contributed by atoms with Crippen LogP contribution in [0.15, 0.2) is 51.2 Å². The summed E-state index contributed by atoms with van der Waals surface area (Å²) in [6.07, 6.45) is 0.201. The number of rotatable bonds is 6. The standard InChI is InChI=1S/C33H34ClN3O8/c1-15(2)14-44-18-10-8-17(9-11-18)22-23-19(35-30-25(22)31(40)37(5)32(41)36(30)4)12-16(3)33(28(23)38)29(39)24-20(42-6)13-21(43-7)26(34)27(24)45-33/h8-11,13,15-16,22,35H,12,14H2,1-7H3/t16-,22-,33+/m1/s1. The third kappa shape index (κ3) is 4.31. The lowest BCUT2D eigenvalue weighted by molar-refractivity contribution is -0.130. The van der Waals surface area contributed by atoms with E-state index in [4.69, 9.17) is 30.5 Å². The largest absolute Gasteiger partial charge is 0.496 e. The maximum Gasteiger partial charge on any atom is 0.332 e. The molecule has 3 heterocycles. The van der Waals surface area contributed by atoms with Crippen LogP contribution in [0.1, 0.15) is 54.6 Å². The zero-order chi connectivity index (χ0) is 32.5. The van der Waals surface area contributed by atoms with Crippen LogP contribution in [0.2, 0.25) is 5.02 Å². The third-order valence-electron chi connectivity index (χ3n) is 8.87. The first-order valence-electron chi connectivity index (χ1n) is 14.6. The highest BCUT2D eigenvalue weighted by Gasteiger charge is 2.63. The van der Waals surface area contributed by atoms with E-state index in [1.165, 1.54) is 31.9 Å². The zero-order valence-corrected chi connectivity index (χ0v) is 26.8. The molecule has 12 heteroatoms. The van der Waals surface area contributed by atoms with Gasteiger partial charge in [-0.25, -0.2) is 4.79 Å². The first kappa shape index (κ1) is 30.5. The van der Waals surface area contributed by atoms with Gasteiger partial charge in [0, 0.05) is 43.3 Å². The van der Waals surface area contributed by atoms with E-state index < -0.39 is 40.3 Å². The second kappa shape index (κ2) is 10.8. The van der Waals surface area contributed by atoms with Gasteiger partial charge in [-0.15, -0.1) is 0 Å². The summed E-state index contributed by atoms with van der Waals surface area (Å²) < 4.78 is 25.5. The van der Waals surface area contributed by atoms with Gasteiger partial charge in [0.25, 0.3) is 5.56 Å². The van der Waals surface area contributed by atoms with Crippen molar-refractivity contribution in [3.05, 3.63) is 84.2 Å². The van der Waals surface area contributed by atoms with Gasteiger partial charge in [-0.05, 0) is 30.0 Å². The van der Waals surface area contributed by atoms with E-state index in [0.717, 1.165) is 4.57 Å². The number of ether oxygens (including phenoxy) is 4. The fourth-order valence-corrected chi connectivity index (χ4v) is 6.81. The van der Waals surface area contributed by atoms with Crippen LogP contribution >= 0.6 is 11.6 Å². The van der Waals surface area contributed by atoms with E-state index >= 15 is 0 Å². The minimum absolute atomic E-state index is 0.00722. The van der Waals surface area contributed by atoms with Gasteiger partial charge in [-0.2, -0.15) is 0 Å². The number of nitrogens with one attached hydrogen (secondary N) is 1. The van der Waals surface area contributed by atoms with E-state index in [1.807, 2.05) is 13.8 Å². The summed E-state index contributed by atoms with van der Waals surface area (Å²) in [7, 11) is 5.79. The lowest BCUT2D eigenvalue weighted by Crippen LogP contribution is -2.58. The van der Waals surface area contributed by atoms with Gasteiger partial charge in [0.05, 0.1) is 26.4 Å². The van der Waals surface area contributed by atoms with Crippen molar-refractivity contribution >= 4 is 29.0 Å². The van der Waals surface area contributed by atoms with Crippen LogP contribution in [-0.4, -0.2) is 47.1 Å². The van der Waals surface area contributed by atoms with Crippen LogP contribution in [0.3, 0.4) is 0 Å². The van der Waals surface area contributed by atoms with Crippen molar-refractivity contribution in [3.63, 3.8) is 0 Å². The highest BCUT2D eigenvalue weighted by molar-refractivity contribution is 6.36. The van der Waals surface area contributed by atoms with Gasteiger partial charge in [0.1, 0.15) is 33.7 Å². The first-order chi connectivity index (χ1) is 21.4. The highest BCUT2D eigenvalue weighted by atomic mass is 35.5. The number of anilines is 1. The van der Waals surface area contributed by atoms with Crippen LogP contribution < -0.4 is 35.5 Å². The molecule has 0 bridgehead atoms. The topological polar surface area (TPSA) is 127 Å². The summed E-state index contributed by atoms with van der Waals surface area (Å²) in [5.74, 6) is -1.15. The Morgan fingerprint density at radius 2 is 1.69 bits per heavy atom. The maximum absolute atomic E-state index is 15.0. The first-order valence-corrected chi connectivity index (χ1v) is 15.0. The molecular weight excluding hydrogens is 602 g/mol. The predicted molar refractivity (Wildman–Crippen MR) is 167 cm³/mol. The molecule has 0 saturated carbocycles. The molecule has 0 amide bonds. The Bertz CT molecular complexity index is 1920. The van der Waals surface area contributed by atoms with Crippen molar-refractivity contribution in [3.8, 4) is 23.0 Å². The monoisotopic (exact) mass is 635 g/mol. The number of ketones is 2. The molecule has 45 heavy (non-hydrogen) atoms. The number of Topliss-reactive ketones (excluding diaryl/α,β-unsaturated/α-hetero) is 2. The molecule has 0 unspecified atom stereocenters. The normalized spacial score (nSPS) is 21.7. The lowest BCUT2D eigenvalue weighted by Gasteiger charge is -2.42. The minimum Gasteiger partial charge on any atom is -0.496 e. The molecule has 1 N–H and O–H groups in total. The number of carbonyl (C=O) groups excluding carboxylic acids is 2. The SMILES string of the molecule is COc1cc(OC)c2c(c1Cl)O[C@@]1(C(=O)C3=C(C[C@H]1C)Nc1c(c(=O)n(C)c(=O)n1C)[C@@H]3c1ccc(OCC(C)C)cc1)C2=O. The Labute approximate surface area is 264 Å². The van der Waals surface area contributed by atoms with Crippen LogP contribution in [0.5, 0.6) is 23.0 Å². The summed E-state index contributed by atoms with van der Waals surface area (Å²) in [4.78, 5) is 56.1. The molecule has 3 aliphatic rings. The Morgan fingerprint density at radius 3 is 2.31 bits per heavy atom. The molecule has 3 aromatic rings. The van der Waals surface area contributed by atoms with Crippen LogP contribution in [0.25, 0.3) is 0 Å². The summed E-state index contributed by atoms with van der Waals surface area (Å²) in [6, 6.07) is 8.63. The van der Waals surface area contributed by atoms with Gasteiger partial charge in [0.15, 0.2) is 5.75 Å². The summed E-state index contributed by atoms with van der Waals surface area (Å²) >= 11 is 6.62. The van der Waals surface area contributed by atoms with Gasteiger partial charge < -0.3 is 24.3 Å². The molecule has 0 fully saturated rings. The smallest absolute Gasteiger partial charge is 0.332 e. The number of nitrogens with zero attached hydrogens (tertiary/aromatic N) is 2. The van der Waals surface area contributed by atoms with E-state index in [9.17, 15) is 19.2 Å². The van der Waals surface area contributed by atoms with Gasteiger partial charge in [0.2, 0.25) is 17.2 Å². The fraction of sp³-hybridized carbons (Fsp3) is 0.394. The number of fused-ring (bicyclic) bond motifs is 2. The molecule has 0 saturated heterocycles. The average Bonchev–Trinajstić information content (AvgIpc) is 3.34. The van der Waals surface area contributed by atoms with Crippen molar-refractivity contribution in [2.24, 2.45) is 25.9 Å². The average molecular weight is 636 g/mol. The quantitative estimate of drug-likeness (QED) is 0.396. The number of methoxy groups -OCH3 is 2. The summed E-state index contributed by atoms with van der Waals surface area (Å²) in [6.45, 7) is 6.36. The van der Waals surface area contributed by atoms with Gasteiger partial charge in [-0.3, -0.25) is 23.5 Å². The van der Waals surface area contributed by atoms with Crippen LogP contribution in [0.4, 0.5) is 5.82 Å². The molecule has 236 valence electrons. The fourth-order valence-electron chi connectivity index (χ4n) is 6.54. The molecule has 1 aliphatic carbocycles. The third-order valence-corrected chi connectivity index (χ3v) is 9.23. The minimum atomic E-state index is -1.98. The molecule has 1 spiro atoms. The Balaban J connectivity index is 1.56. The summed E-state index contributed by atoms with van der Waals surface area (Å²) in [5, 5.41) is 3.27. The zero-order valence-electron chi connectivity index (χ0n) is 26.1. The molecule has 3 atom stereocenters. The van der Waals surface area contributed by atoms with Crippen molar-refractivity contribution in [1.29, 1.82) is 0 Å². The van der Waals surface area contributed by atoms with Crippen molar-refractivity contribution in [1.82, 2.24) is 9.13 Å². The lowest BCUT2D eigenvalue weighted by atomic mass is 9.66. The number of hydrogen-bond donors (Lipinski definition) is 1. The molecule has 11 nitrogen and oxygen atoms in total. The Morgan fingerprint density at radius 1 is 1.02 bits per heavy atom. The molecule has 6 rings (SSSR count). The molecule has 0 radical (unpaired) electrons. The Kier molecular flexibility index (Phi) is 7.35. The second-order valence-corrected chi connectivity index (χ2v) is 12.5. The molecule has 2 aromatic carbocycles. The number of benzene rings is 2. The maximum atomic E-state index is 15.0. The molecule has 1 aromatic heterocycles. The number of aromatic nitrogens is 2. The summed E-state index contributed by atoms with van der Waals surface area (Å²) in [5.41, 5.74) is -1.49. The van der Waals surface area contributed by atoms with Crippen molar-refractivity contribution < 1.29 is 28.5 Å². The Hall–Kier alpha value is -4.51. The number of halogens is 1. The van der Waals surface area contributed by atoms with Gasteiger partial charge >= 0.3 is 5.69 Å². The van der Waals surface area contributed by atoms with E-state index in [1.54, 1.807) is 38.2 Å². The highest BCUT2D eigenvalue weighted by Crippen LogP contribution is 2.56. The van der Waals surface area contributed by atoms with E-state index in [-0.39, 0.29) is 45.4 Å². The van der Waals surface area contributed by atoms with Crippen LogP contribution in [0, 0.1) is 11.8 Å². The second-order valence-electron chi connectivity index (χ2n) is 12.1. The van der Waals surface area contributed by atoms with Gasteiger partial charge in [-0.1, -0.05) is 44.5 Å². The molecule has 2 aliphatic heterocycles. The number of allylic oxidation sites excluding steroid dienone is 1. The van der Waals surface area contributed by atoms with Crippen LogP contribution in [-0.2, 0) is 18.9 Å². The van der Waals surface area contributed by atoms with E-state index in [0.29, 0.717) is 35.4 Å². The van der Waals surface area contributed by atoms with Crippen molar-refractivity contribution in [2.45, 2.75) is 38.7 Å². The molecular formula is C33H34ClN3O8. The number of hydrogen-bond acceptors (Lipinski definition) is 9. The predicted octanol–water partition coefficient (Wildman–Crippen LogP) is 4.22. The van der Waals surface area contributed by atoms with Crippen molar-refractivity contribution in [2.75, 3.05) is 26.1 Å². The number of carbonyl (C=O) groups is 2.